The lowest BCUT2D eigenvalue weighted by Gasteiger charge is -2.33. The van der Waals surface area contributed by atoms with Gasteiger partial charge < -0.3 is 0 Å². The van der Waals surface area contributed by atoms with Gasteiger partial charge in [-0.1, -0.05) is 0 Å². The summed E-state index contributed by atoms with van der Waals surface area (Å²) in [5, 5.41) is 3.96. The molecular formula is C17H28S8. The van der Waals surface area contributed by atoms with Gasteiger partial charge in [-0.15, -0.1) is 0 Å². The Morgan fingerprint density at radius 3 is 0.960 bits per heavy atom. The normalized spacial score (nSPS) is 34.6. The molecule has 0 aliphatic carbocycles. The van der Waals surface area contributed by atoms with Crippen molar-refractivity contribution in [3.63, 3.8) is 0 Å². The lowest BCUT2D eigenvalue weighted by molar-refractivity contribution is 0.515. The molecule has 8 heteroatoms. The summed E-state index contributed by atoms with van der Waals surface area (Å²) in [6, 6.07) is 0. The van der Waals surface area contributed by atoms with Gasteiger partial charge in [0, 0.05) is 95.4 Å². The largest absolute Gasteiger partial charge is 0.160 e. The first-order valence-electron chi connectivity index (χ1n) is 9.09. The molecular weight excluding hydrogens is 461 g/mol. The van der Waals surface area contributed by atoms with Gasteiger partial charge in [0.1, 0.15) is 0 Å². The first-order valence-corrected chi connectivity index (χ1v) is 17.9. The molecule has 4 saturated heterocycles. The maximum absolute atomic E-state index is 2.28. The SMILES string of the molecule is C(SCC(CSCC1CS1)(CSCC1CS1)CSCC1CS1)C1CS1. The quantitative estimate of drug-likeness (QED) is 0.263. The fraction of sp³-hybridized carbons (Fsp3) is 1.00. The lowest BCUT2D eigenvalue weighted by atomic mass is 9.99. The molecule has 0 amide bonds. The topological polar surface area (TPSA) is 0 Å². The highest BCUT2D eigenvalue weighted by Gasteiger charge is 2.35. The molecule has 0 aromatic carbocycles. The zero-order valence-electron chi connectivity index (χ0n) is 14.6. The summed E-state index contributed by atoms with van der Waals surface area (Å²) >= 11 is 17.8. The Labute approximate surface area is 188 Å². The van der Waals surface area contributed by atoms with Gasteiger partial charge >= 0.3 is 0 Å². The van der Waals surface area contributed by atoms with E-state index in [4.69, 9.17) is 0 Å². The van der Waals surface area contributed by atoms with E-state index in [1.165, 1.54) is 69.0 Å². The summed E-state index contributed by atoms with van der Waals surface area (Å²) in [6.07, 6.45) is 0. The molecule has 0 radical (unpaired) electrons. The molecule has 0 saturated carbocycles. The van der Waals surface area contributed by atoms with E-state index in [9.17, 15) is 0 Å². The van der Waals surface area contributed by atoms with Crippen molar-refractivity contribution in [2.45, 2.75) is 21.0 Å². The second kappa shape index (κ2) is 10.7. The van der Waals surface area contributed by atoms with Crippen molar-refractivity contribution < 1.29 is 0 Å². The Bertz CT molecular complexity index is 326. The molecule has 4 unspecified atom stereocenters. The summed E-state index contributed by atoms with van der Waals surface area (Å²) in [6.45, 7) is 0. The van der Waals surface area contributed by atoms with E-state index >= 15 is 0 Å². The van der Waals surface area contributed by atoms with Crippen LogP contribution in [0.3, 0.4) is 0 Å². The minimum absolute atomic E-state index is 0.572. The van der Waals surface area contributed by atoms with Crippen molar-refractivity contribution in [1.29, 1.82) is 0 Å². The highest BCUT2D eigenvalue weighted by Crippen LogP contribution is 2.43. The van der Waals surface area contributed by atoms with E-state index < -0.39 is 0 Å². The first kappa shape index (κ1) is 21.0. The fourth-order valence-corrected chi connectivity index (χ4v) is 12.6. The molecule has 144 valence electrons. The van der Waals surface area contributed by atoms with Crippen LogP contribution in [0.15, 0.2) is 0 Å². The molecule has 0 N–H and O–H groups in total. The average molecular weight is 489 g/mol. The highest BCUT2D eigenvalue weighted by molar-refractivity contribution is 8.10. The monoisotopic (exact) mass is 488 g/mol. The summed E-state index contributed by atoms with van der Waals surface area (Å²) in [4.78, 5) is 0. The maximum Gasteiger partial charge on any atom is 0.0229 e. The number of hydrogen-bond acceptors (Lipinski definition) is 8. The molecule has 25 heavy (non-hydrogen) atoms. The second-order valence-electron chi connectivity index (χ2n) is 7.38. The number of thioether (sulfide) groups is 8. The van der Waals surface area contributed by atoms with Crippen LogP contribution in [0.4, 0.5) is 0 Å². The fourth-order valence-electron chi connectivity index (χ4n) is 2.53. The Kier molecular flexibility index (Phi) is 9.02. The Morgan fingerprint density at radius 1 is 0.520 bits per heavy atom. The third kappa shape index (κ3) is 9.00. The van der Waals surface area contributed by atoms with Gasteiger partial charge in [0.15, 0.2) is 0 Å². The van der Waals surface area contributed by atoms with Crippen molar-refractivity contribution in [2.75, 3.05) is 69.0 Å². The van der Waals surface area contributed by atoms with E-state index in [0.29, 0.717) is 5.41 Å². The van der Waals surface area contributed by atoms with Gasteiger partial charge in [-0.2, -0.15) is 94.1 Å². The van der Waals surface area contributed by atoms with Crippen LogP contribution in [0.25, 0.3) is 0 Å². The van der Waals surface area contributed by atoms with Crippen LogP contribution in [0.5, 0.6) is 0 Å². The van der Waals surface area contributed by atoms with E-state index in [2.05, 4.69) is 94.1 Å². The van der Waals surface area contributed by atoms with Crippen LogP contribution >= 0.6 is 94.1 Å². The van der Waals surface area contributed by atoms with Crippen molar-refractivity contribution in [2.24, 2.45) is 5.41 Å². The van der Waals surface area contributed by atoms with Gasteiger partial charge in [-0.25, -0.2) is 0 Å². The van der Waals surface area contributed by atoms with Gasteiger partial charge in [-0.05, 0) is 0 Å². The van der Waals surface area contributed by atoms with E-state index in [1.807, 2.05) is 0 Å². The lowest BCUT2D eigenvalue weighted by Crippen LogP contribution is -2.34. The van der Waals surface area contributed by atoms with Crippen LogP contribution in [-0.4, -0.2) is 90.0 Å². The maximum atomic E-state index is 2.28. The molecule has 4 fully saturated rings. The molecule has 4 atom stereocenters. The molecule has 0 nitrogen and oxygen atoms in total. The predicted molar refractivity (Wildman–Crippen MR) is 137 cm³/mol. The number of hydrogen-bond donors (Lipinski definition) is 0. The zero-order chi connectivity index (χ0) is 17.0. The Balaban J connectivity index is 1.27. The van der Waals surface area contributed by atoms with Crippen LogP contribution in [0.2, 0.25) is 0 Å². The standard InChI is InChI=1S/C17H28S8/c1(13-5-22-13)18-9-17(10-19-2-14-6-23-14,11-20-3-15-7-24-15)12-21-4-16-8-25-16/h13-16H,1-12H2. The van der Waals surface area contributed by atoms with E-state index in [-0.39, 0.29) is 0 Å². The summed E-state index contributed by atoms with van der Waals surface area (Å²) in [5.74, 6) is 16.9. The summed E-state index contributed by atoms with van der Waals surface area (Å²) in [7, 11) is 0. The zero-order valence-corrected chi connectivity index (χ0v) is 21.1. The summed E-state index contributed by atoms with van der Waals surface area (Å²) < 4.78 is 0. The molecule has 0 aromatic heterocycles. The van der Waals surface area contributed by atoms with Crippen molar-refractivity contribution in [3.05, 3.63) is 0 Å². The predicted octanol–water partition coefficient (Wildman–Crippen LogP) is 5.37. The average Bonchev–Trinajstić information content (AvgIpc) is 3.44. The smallest absolute Gasteiger partial charge is 0.0229 e. The highest BCUT2D eigenvalue weighted by atomic mass is 32.2. The van der Waals surface area contributed by atoms with Gasteiger partial charge in [0.2, 0.25) is 0 Å². The van der Waals surface area contributed by atoms with Crippen LogP contribution < -0.4 is 0 Å². The van der Waals surface area contributed by atoms with Crippen LogP contribution in [0.1, 0.15) is 0 Å². The van der Waals surface area contributed by atoms with E-state index in [0.717, 1.165) is 21.0 Å². The van der Waals surface area contributed by atoms with Crippen LogP contribution in [0, 0.1) is 5.41 Å². The Hall–Kier alpha value is 2.80. The molecule has 4 heterocycles. The number of rotatable bonds is 16. The molecule has 0 bridgehead atoms. The van der Waals surface area contributed by atoms with Crippen LogP contribution in [-0.2, 0) is 0 Å². The summed E-state index contributed by atoms with van der Waals surface area (Å²) in [5.41, 5.74) is 0.572. The van der Waals surface area contributed by atoms with Gasteiger partial charge in [0.05, 0.1) is 0 Å². The van der Waals surface area contributed by atoms with Crippen molar-refractivity contribution in [1.82, 2.24) is 0 Å². The Morgan fingerprint density at radius 2 is 0.760 bits per heavy atom. The second-order valence-corrected chi connectivity index (χ2v) is 16.8. The third-order valence-corrected chi connectivity index (χ3v) is 15.0. The molecule has 4 rings (SSSR count). The minimum Gasteiger partial charge on any atom is -0.160 e. The molecule has 4 aliphatic rings. The molecule has 4 aliphatic heterocycles. The molecule has 0 aromatic rings. The van der Waals surface area contributed by atoms with Crippen molar-refractivity contribution in [3.8, 4) is 0 Å². The third-order valence-electron chi connectivity index (χ3n) is 4.46. The van der Waals surface area contributed by atoms with E-state index in [1.54, 1.807) is 0 Å². The minimum atomic E-state index is 0.572. The molecule has 0 spiro atoms. The first-order chi connectivity index (χ1) is 12.3. The van der Waals surface area contributed by atoms with Crippen molar-refractivity contribution >= 4 is 94.1 Å². The van der Waals surface area contributed by atoms with Gasteiger partial charge in [0.25, 0.3) is 0 Å². The van der Waals surface area contributed by atoms with Gasteiger partial charge in [-0.3, -0.25) is 0 Å².